The Bertz CT molecular complexity index is 1510. The molecule has 4 aromatic rings. The van der Waals surface area contributed by atoms with Gasteiger partial charge in [-0.1, -0.05) is 62.1 Å². The number of carbonyl (C=O) groups is 4. The van der Waals surface area contributed by atoms with Crippen molar-refractivity contribution in [2.24, 2.45) is 0 Å². The summed E-state index contributed by atoms with van der Waals surface area (Å²) in [6, 6.07) is 29.0. The van der Waals surface area contributed by atoms with Crippen LogP contribution in [0.2, 0.25) is 0 Å². The molecular weight excluding hydrogens is 576 g/mol. The van der Waals surface area contributed by atoms with Gasteiger partial charge in [0.15, 0.2) is 0 Å². The number of unbranched alkanes of at least 4 members (excludes halogenated alkanes) is 5. The maximum atomic E-state index is 12.4. The van der Waals surface area contributed by atoms with Crippen molar-refractivity contribution < 1.29 is 19.2 Å². The molecule has 0 fully saturated rings. The molecule has 8 nitrogen and oxygen atoms in total. The van der Waals surface area contributed by atoms with Crippen molar-refractivity contribution in [3.63, 3.8) is 0 Å². The summed E-state index contributed by atoms with van der Waals surface area (Å²) in [5, 5.41) is 11.7. The number of benzene rings is 4. The SMILES string of the molecule is Cc1cc(NC(=O)CCCCCCCCC(=O)Nc2ccc(NC(=O)c3ccccc3)c(C)c2)ccc1NC(=O)c1ccccc1. The fourth-order valence-corrected chi connectivity index (χ4v) is 5.06. The Morgan fingerprint density at radius 1 is 0.457 bits per heavy atom. The second-order valence-electron chi connectivity index (χ2n) is 11.4. The number of rotatable bonds is 15. The number of hydrogen-bond acceptors (Lipinski definition) is 4. The molecule has 0 atom stereocenters. The van der Waals surface area contributed by atoms with Gasteiger partial charge in [-0.2, -0.15) is 0 Å². The number of hydrogen-bond donors (Lipinski definition) is 4. The molecule has 46 heavy (non-hydrogen) atoms. The Kier molecular flexibility index (Phi) is 12.7. The highest BCUT2D eigenvalue weighted by atomic mass is 16.2. The number of carbonyl (C=O) groups excluding carboxylic acids is 4. The average molecular weight is 619 g/mol. The van der Waals surface area contributed by atoms with Crippen molar-refractivity contribution in [3.8, 4) is 0 Å². The molecule has 0 aliphatic heterocycles. The zero-order valence-electron chi connectivity index (χ0n) is 26.5. The minimum Gasteiger partial charge on any atom is -0.326 e. The molecule has 0 aromatic heterocycles. The third kappa shape index (κ3) is 10.7. The van der Waals surface area contributed by atoms with Crippen LogP contribution in [0, 0.1) is 13.8 Å². The first-order valence-corrected chi connectivity index (χ1v) is 15.8. The minimum atomic E-state index is -0.173. The van der Waals surface area contributed by atoms with Gasteiger partial charge in [0.1, 0.15) is 0 Å². The van der Waals surface area contributed by atoms with Gasteiger partial charge >= 0.3 is 0 Å². The van der Waals surface area contributed by atoms with Gasteiger partial charge in [0.05, 0.1) is 0 Å². The van der Waals surface area contributed by atoms with E-state index >= 15 is 0 Å². The van der Waals surface area contributed by atoms with E-state index in [0.717, 1.165) is 49.7 Å². The number of anilines is 4. The molecule has 0 saturated heterocycles. The summed E-state index contributed by atoms with van der Waals surface area (Å²) in [5.41, 5.74) is 5.75. The van der Waals surface area contributed by atoms with Crippen LogP contribution in [0.25, 0.3) is 0 Å². The summed E-state index contributed by atoms with van der Waals surface area (Å²) >= 11 is 0. The summed E-state index contributed by atoms with van der Waals surface area (Å²) in [5.74, 6) is -0.403. The van der Waals surface area contributed by atoms with Crippen molar-refractivity contribution in [2.45, 2.75) is 65.2 Å². The quantitative estimate of drug-likeness (QED) is 0.1000. The zero-order valence-corrected chi connectivity index (χ0v) is 26.5. The molecule has 0 spiro atoms. The van der Waals surface area contributed by atoms with Gasteiger partial charge in [-0.25, -0.2) is 0 Å². The predicted octanol–water partition coefficient (Wildman–Crippen LogP) is 8.51. The van der Waals surface area contributed by atoms with E-state index in [0.29, 0.717) is 46.7 Å². The highest BCUT2D eigenvalue weighted by molar-refractivity contribution is 6.05. The molecule has 0 aliphatic carbocycles. The van der Waals surface area contributed by atoms with Crippen molar-refractivity contribution in [2.75, 3.05) is 21.3 Å². The van der Waals surface area contributed by atoms with Crippen LogP contribution in [0.3, 0.4) is 0 Å². The fraction of sp³-hybridized carbons (Fsp3) is 0.263. The second kappa shape index (κ2) is 17.3. The van der Waals surface area contributed by atoms with E-state index < -0.39 is 0 Å². The van der Waals surface area contributed by atoms with Crippen LogP contribution in [0.4, 0.5) is 22.7 Å². The average Bonchev–Trinajstić information content (AvgIpc) is 3.05. The van der Waals surface area contributed by atoms with E-state index in [1.54, 1.807) is 48.5 Å². The molecule has 0 saturated carbocycles. The lowest BCUT2D eigenvalue weighted by Crippen LogP contribution is -2.14. The van der Waals surface area contributed by atoms with Gasteiger partial charge in [0.2, 0.25) is 11.8 Å². The van der Waals surface area contributed by atoms with Crippen molar-refractivity contribution in [1.82, 2.24) is 0 Å². The molecule has 0 radical (unpaired) electrons. The predicted molar refractivity (Wildman–Crippen MR) is 185 cm³/mol. The minimum absolute atomic E-state index is 0.0287. The Balaban J connectivity index is 1.06. The third-order valence-corrected chi connectivity index (χ3v) is 7.65. The smallest absolute Gasteiger partial charge is 0.255 e. The number of nitrogens with one attached hydrogen (secondary N) is 4. The van der Waals surface area contributed by atoms with Gasteiger partial charge < -0.3 is 21.3 Å². The first-order valence-electron chi connectivity index (χ1n) is 15.8. The second-order valence-corrected chi connectivity index (χ2v) is 11.4. The number of amides is 4. The van der Waals surface area contributed by atoms with Gasteiger partial charge in [-0.3, -0.25) is 19.2 Å². The Labute approximate surface area is 271 Å². The van der Waals surface area contributed by atoms with Crippen LogP contribution < -0.4 is 21.3 Å². The summed E-state index contributed by atoms with van der Waals surface area (Å²) < 4.78 is 0. The van der Waals surface area contributed by atoms with Crippen molar-refractivity contribution in [1.29, 1.82) is 0 Å². The Morgan fingerprint density at radius 2 is 0.826 bits per heavy atom. The van der Waals surface area contributed by atoms with Gasteiger partial charge in [0, 0.05) is 46.7 Å². The highest BCUT2D eigenvalue weighted by Gasteiger charge is 2.11. The van der Waals surface area contributed by atoms with Crippen molar-refractivity contribution in [3.05, 3.63) is 119 Å². The Hall–Kier alpha value is -5.24. The topological polar surface area (TPSA) is 116 Å². The van der Waals surface area contributed by atoms with Crippen LogP contribution in [0.1, 0.15) is 83.2 Å². The third-order valence-electron chi connectivity index (χ3n) is 7.65. The van der Waals surface area contributed by atoms with Gasteiger partial charge in [-0.05, 0) is 98.5 Å². The van der Waals surface area contributed by atoms with Crippen LogP contribution in [-0.4, -0.2) is 23.6 Å². The molecule has 0 aliphatic rings. The van der Waals surface area contributed by atoms with Crippen LogP contribution >= 0.6 is 0 Å². The molecule has 8 heteroatoms. The van der Waals surface area contributed by atoms with Crippen molar-refractivity contribution >= 4 is 46.4 Å². The van der Waals surface area contributed by atoms with E-state index in [4.69, 9.17) is 0 Å². The maximum Gasteiger partial charge on any atom is 0.255 e. The normalized spacial score (nSPS) is 10.6. The summed E-state index contributed by atoms with van der Waals surface area (Å²) in [6.45, 7) is 3.79. The molecule has 4 amide bonds. The maximum absolute atomic E-state index is 12.4. The largest absolute Gasteiger partial charge is 0.326 e. The summed E-state index contributed by atoms with van der Waals surface area (Å²) in [4.78, 5) is 49.7. The molecule has 4 aromatic carbocycles. The van der Waals surface area contributed by atoms with E-state index in [-0.39, 0.29) is 23.6 Å². The van der Waals surface area contributed by atoms with E-state index in [2.05, 4.69) is 21.3 Å². The Morgan fingerprint density at radius 3 is 1.20 bits per heavy atom. The summed E-state index contributed by atoms with van der Waals surface area (Å²) in [7, 11) is 0. The first kappa shape index (κ1) is 33.6. The van der Waals surface area contributed by atoms with E-state index in [1.165, 1.54) is 0 Å². The molecule has 4 N–H and O–H groups in total. The monoisotopic (exact) mass is 618 g/mol. The lowest BCUT2D eigenvalue weighted by atomic mass is 10.1. The molecule has 0 bridgehead atoms. The first-order chi connectivity index (χ1) is 22.3. The fourth-order valence-electron chi connectivity index (χ4n) is 5.06. The van der Waals surface area contributed by atoms with E-state index in [1.807, 2.05) is 62.4 Å². The molecule has 4 rings (SSSR count). The van der Waals surface area contributed by atoms with Gasteiger partial charge in [-0.15, -0.1) is 0 Å². The van der Waals surface area contributed by atoms with Gasteiger partial charge in [0.25, 0.3) is 11.8 Å². The summed E-state index contributed by atoms with van der Waals surface area (Å²) in [6.07, 6.45) is 6.43. The number of aryl methyl sites for hydroxylation is 2. The molecule has 238 valence electrons. The van der Waals surface area contributed by atoms with Crippen LogP contribution in [0.5, 0.6) is 0 Å². The molecular formula is C38H42N4O4. The zero-order chi connectivity index (χ0) is 32.7. The lowest BCUT2D eigenvalue weighted by Gasteiger charge is -2.11. The highest BCUT2D eigenvalue weighted by Crippen LogP contribution is 2.22. The van der Waals surface area contributed by atoms with E-state index in [9.17, 15) is 19.2 Å². The standard InChI is InChI=1S/C38H42N4O4/c1-27-25-31(21-23-33(27)41-37(45)29-15-9-7-10-16-29)39-35(43)19-13-5-3-4-6-14-20-36(44)40-32-22-24-34(28(2)26-32)42-38(46)30-17-11-8-12-18-30/h7-12,15-18,21-26H,3-6,13-14,19-20H2,1-2H3,(H,39,43)(H,40,44)(H,41,45)(H,42,46). The lowest BCUT2D eigenvalue weighted by molar-refractivity contribution is -0.117. The molecule has 0 heterocycles. The van der Waals surface area contributed by atoms with Crippen LogP contribution in [0.15, 0.2) is 97.1 Å². The molecule has 0 unspecified atom stereocenters. The van der Waals surface area contributed by atoms with Crippen LogP contribution in [-0.2, 0) is 9.59 Å².